The van der Waals surface area contributed by atoms with E-state index in [2.05, 4.69) is 37.9 Å². The van der Waals surface area contributed by atoms with Crippen molar-refractivity contribution in [1.82, 2.24) is 15.4 Å². The molecule has 0 unspecified atom stereocenters. The highest BCUT2D eigenvalue weighted by molar-refractivity contribution is 5.91. The van der Waals surface area contributed by atoms with E-state index in [1.165, 1.54) is 11.6 Å². The van der Waals surface area contributed by atoms with Crippen LogP contribution in [0.5, 0.6) is 0 Å². The molecule has 0 atom stereocenters. The summed E-state index contributed by atoms with van der Waals surface area (Å²) in [5.41, 5.74) is 4.91. The molecule has 8 heteroatoms. The van der Waals surface area contributed by atoms with Crippen molar-refractivity contribution < 1.29 is 14.7 Å². The number of rotatable bonds is 6. The summed E-state index contributed by atoms with van der Waals surface area (Å²) in [5, 5.41) is 8.68. The van der Waals surface area contributed by atoms with Crippen LogP contribution in [0.4, 0.5) is 11.5 Å². The van der Waals surface area contributed by atoms with Gasteiger partial charge in [0.25, 0.3) is 5.91 Å². The van der Waals surface area contributed by atoms with Crippen molar-refractivity contribution >= 4 is 23.5 Å². The Morgan fingerprint density at radius 1 is 1.03 bits per heavy atom. The van der Waals surface area contributed by atoms with Crippen LogP contribution in [0.3, 0.4) is 0 Å². The number of carbonyl (C=O) groups excluding carboxylic acids is 1. The van der Waals surface area contributed by atoms with Gasteiger partial charge in [-0.2, -0.15) is 0 Å². The monoisotopic (exact) mass is 423 g/mol. The molecule has 0 saturated carbocycles. The lowest BCUT2D eigenvalue weighted by Crippen LogP contribution is -2.46. The zero-order chi connectivity index (χ0) is 21.5. The lowest BCUT2D eigenvalue weighted by atomic mass is 10.1. The van der Waals surface area contributed by atoms with Crippen LogP contribution in [-0.4, -0.2) is 73.5 Å². The summed E-state index contributed by atoms with van der Waals surface area (Å²) in [6, 6.07) is 12.3. The van der Waals surface area contributed by atoms with Gasteiger partial charge in [-0.15, -0.1) is 0 Å². The fraction of sp³-hybridized carbons (Fsp3) is 0.391. The zero-order valence-corrected chi connectivity index (χ0v) is 17.6. The van der Waals surface area contributed by atoms with E-state index in [-0.39, 0.29) is 0 Å². The Hall–Kier alpha value is -2.94. The number of amides is 1. The first kappa shape index (κ1) is 21.3. The molecular weight excluding hydrogens is 394 g/mol. The van der Waals surface area contributed by atoms with E-state index in [0.29, 0.717) is 0 Å². The molecule has 8 nitrogen and oxygen atoms in total. The summed E-state index contributed by atoms with van der Waals surface area (Å²) in [4.78, 5) is 23.0. The van der Waals surface area contributed by atoms with Crippen molar-refractivity contribution in [2.24, 2.45) is 0 Å². The van der Waals surface area contributed by atoms with Gasteiger partial charge in [-0.05, 0) is 29.3 Å². The number of para-hydroxylation sites is 1. The van der Waals surface area contributed by atoms with Crippen LogP contribution in [0.2, 0.25) is 0 Å². The van der Waals surface area contributed by atoms with Gasteiger partial charge >= 0.3 is 0 Å². The number of hydrogen-bond acceptors (Lipinski definition) is 7. The summed E-state index contributed by atoms with van der Waals surface area (Å²) < 4.78 is 5.41. The lowest BCUT2D eigenvalue weighted by molar-refractivity contribution is -0.124. The first-order valence-electron chi connectivity index (χ1n) is 10.7. The summed E-state index contributed by atoms with van der Waals surface area (Å²) in [7, 11) is 0. The molecule has 0 aliphatic carbocycles. The van der Waals surface area contributed by atoms with Gasteiger partial charge in [0, 0.05) is 63.8 Å². The van der Waals surface area contributed by atoms with Crippen LogP contribution in [0.1, 0.15) is 11.1 Å². The van der Waals surface area contributed by atoms with Crippen molar-refractivity contribution in [3.05, 3.63) is 59.8 Å². The van der Waals surface area contributed by atoms with Gasteiger partial charge in [-0.1, -0.05) is 24.3 Å². The van der Waals surface area contributed by atoms with E-state index in [1.807, 2.05) is 24.4 Å². The Balaban J connectivity index is 1.32. The minimum atomic E-state index is -0.534. The normalized spacial score (nSPS) is 17.8. The predicted octanol–water partition coefficient (Wildman–Crippen LogP) is 1.76. The van der Waals surface area contributed by atoms with E-state index < -0.39 is 5.91 Å². The number of anilines is 2. The Kier molecular flexibility index (Phi) is 7.14. The van der Waals surface area contributed by atoms with Gasteiger partial charge in [-0.25, -0.2) is 10.5 Å². The molecule has 4 rings (SSSR count). The third-order valence-corrected chi connectivity index (χ3v) is 5.72. The molecule has 1 amide bonds. The molecule has 2 saturated heterocycles. The summed E-state index contributed by atoms with van der Waals surface area (Å²) >= 11 is 0. The summed E-state index contributed by atoms with van der Waals surface area (Å²) in [5.74, 6) is 0.490. The van der Waals surface area contributed by atoms with Crippen molar-refractivity contribution in [2.75, 3.05) is 62.3 Å². The number of benzene rings is 1. The largest absolute Gasteiger partial charge is 0.378 e. The number of nitrogens with zero attached hydrogens (tertiary/aromatic N) is 4. The number of piperazine rings is 1. The van der Waals surface area contributed by atoms with E-state index in [1.54, 1.807) is 11.6 Å². The van der Waals surface area contributed by atoms with Crippen molar-refractivity contribution in [3.8, 4) is 0 Å². The Bertz CT molecular complexity index is 888. The third-order valence-electron chi connectivity index (χ3n) is 5.72. The Morgan fingerprint density at radius 2 is 1.81 bits per heavy atom. The highest BCUT2D eigenvalue weighted by Crippen LogP contribution is 2.24. The van der Waals surface area contributed by atoms with Crippen LogP contribution >= 0.6 is 0 Å². The number of aromatic nitrogens is 1. The highest BCUT2D eigenvalue weighted by Gasteiger charge is 2.19. The Labute approximate surface area is 182 Å². The van der Waals surface area contributed by atoms with E-state index in [9.17, 15) is 4.79 Å². The first-order valence-corrected chi connectivity index (χ1v) is 10.7. The average Bonchev–Trinajstić information content (AvgIpc) is 2.84. The van der Waals surface area contributed by atoms with E-state index >= 15 is 0 Å². The van der Waals surface area contributed by atoms with Crippen LogP contribution in [0.15, 0.2) is 48.7 Å². The van der Waals surface area contributed by atoms with Crippen molar-refractivity contribution in [1.29, 1.82) is 0 Å². The van der Waals surface area contributed by atoms with Gasteiger partial charge < -0.3 is 14.5 Å². The first-order chi connectivity index (χ1) is 15.2. The molecule has 1 aromatic heterocycles. The molecular formula is C23H29N5O3. The molecule has 2 fully saturated rings. The number of morpholine rings is 1. The van der Waals surface area contributed by atoms with Crippen LogP contribution in [0.25, 0.3) is 6.08 Å². The Morgan fingerprint density at radius 3 is 2.52 bits per heavy atom. The van der Waals surface area contributed by atoms with Crippen LogP contribution in [-0.2, 0) is 16.1 Å². The molecule has 0 radical (unpaired) electrons. The molecule has 2 aromatic rings. The number of pyridine rings is 1. The molecule has 31 heavy (non-hydrogen) atoms. The fourth-order valence-electron chi connectivity index (χ4n) is 4.01. The van der Waals surface area contributed by atoms with Gasteiger partial charge in [0.2, 0.25) is 0 Å². The van der Waals surface area contributed by atoms with E-state index in [4.69, 9.17) is 9.94 Å². The van der Waals surface area contributed by atoms with Crippen molar-refractivity contribution in [2.45, 2.75) is 6.54 Å². The molecule has 1 aromatic carbocycles. The smallest absolute Gasteiger partial charge is 0.267 e. The fourth-order valence-corrected chi connectivity index (χ4v) is 4.01. The summed E-state index contributed by atoms with van der Waals surface area (Å²) in [6.07, 6.45) is 5.06. The standard InChI is InChI=1S/C23H29N5O3/c29-23(25-30)8-6-20-3-1-2-4-21(20)27-11-9-26(10-12-27)18-19-5-7-22(24-17-19)28-13-15-31-16-14-28/h1-8,17,30H,9-16,18H2,(H,25,29)/b8-6+. The predicted molar refractivity (Wildman–Crippen MR) is 120 cm³/mol. The topological polar surface area (TPSA) is 81.2 Å². The maximum Gasteiger partial charge on any atom is 0.267 e. The van der Waals surface area contributed by atoms with Gasteiger partial charge in [-0.3, -0.25) is 14.9 Å². The number of ether oxygens (including phenoxy) is 1. The molecule has 3 heterocycles. The number of carbonyl (C=O) groups is 1. The molecule has 164 valence electrons. The van der Waals surface area contributed by atoms with Crippen LogP contribution < -0.4 is 15.3 Å². The SMILES string of the molecule is O=C(/C=C/c1ccccc1N1CCN(Cc2ccc(N3CCOCC3)nc2)CC1)NO. The van der Waals surface area contributed by atoms with E-state index in [0.717, 1.165) is 76.1 Å². The molecule has 2 N–H and O–H groups in total. The van der Waals surface area contributed by atoms with Crippen molar-refractivity contribution in [3.63, 3.8) is 0 Å². The molecule has 0 spiro atoms. The zero-order valence-electron chi connectivity index (χ0n) is 17.6. The lowest BCUT2D eigenvalue weighted by Gasteiger charge is -2.36. The maximum absolute atomic E-state index is 11.3. The summed E-state index contributed by atoms with van der Waals surface area (Å²) in [6.45, 7) is 7.96. The van der Waals surface area contributed by atoms with Gasteiger partial charge in [0.05, 0.1) is 13.2 Å². The molecule has 0 bridgehead atoms. The maximum atomic E-state index is 11.3. The molecule has 2 aliphatic rings. The average molecular weight is 424 g/mol. The van der Waals surface area contributed by atoms with Crippen LogP contribution in [0, 0.1) is 0 Å². The van der Waals surface area contributed by atoms with Gasteiger partial charge in [0.1, 0.15) is 5.82 Å². The highest BCUT2D eigenvalue weighted by atomic mass is 16.5. The quantitative estimate of drug-likeness (QED) is 0.416. The van der Waals surface area contributed by atoms with Gasteiger partial charge in [0.15, 0.2) is 0 Å². The number of hydrogen-bond donors (Lipinski definition) is 2. The third kappa shape index (κ3) is 5.61. The second kappa shape index (κ2) is 10.4. The number of nitrogens with one attached hydrogen (secondary N) is 1. The number of hydroxylamine groups is 1. The second-order valence-electron chi connectivity index (χ2n) is 7.76. The minimum absolute atomic E-state index is 0.534. The minimum Gasteiger partial charge on any atom is -0.378 e. The second-order valence-corrected chi connectivity index (χ2v) is 7.76. The molecule has 2 aliphatic heterocycles.